The minimum atomic E-state index is 0.436. The standard InChI is InChI=1S/C6H11BrN4/c1-11-5(3-9)4(2-8)10-6(11)7/h2-3,8-9H2,1H3. The van der Waals surface area contributed by atoms with Crippen LogP contribution in [0.1, 0.15) is 11.4 Å². The van der Waals surface area contributed by atoms with Crippen molar-refractivity contribution in [2.24, 2.45) is 18.5 Å². The maximum absolute atomic E-state index is 5.50. The number of nitrogens with two attached hydrogens (primary N) is 2. The van der Waals surface area contributed by atoms with E-state index in [-0.39, 0.29) is 0 Å². The molecule has 0 saturated heterocycles. The van der Waals surface area contributed by atoms with E-state index >= 15 is 0 Å². The Morgan fingerprint density at radius 3 is 2.45 bits per heavy atom. The van der Waals surface area contributed by atoms with E-state index < -0.39 is 0 Å². The van der Waals surface area contributed by atoms with Gasteiger partial charge in [-0.1, -0.05) is 0 Å². The van der Waals surface area contributed by atoms with Gasteiger partial charge in [0.2, 0.25) is 0 Å². The number of imidazole rings is 1. The van der Waals surface area contributed by atoms with Crippen LogP contribution in [-0.2, 0) is 20.1 Å². The smallest absolute Gasteiger partial charge is 0.177 e. The third-order valence-electron chi connectivity index (χ3n) is 1.63. The number of halogens is 1. The van der Waals surface area contributed by atoms with E-state index in [1.165, 1.54) is 0 Å². The SMILES string of the molecule is Cn1c(Br)nc(CN)c1CN. The first-order valence-electron chi connectivity index (χ1n) is 3.30. The summed E-state index contributed by atoms with van der Waals surface area (Å²) in [5, 5.41) is 0. The Morgan fingerprint density at radius 1 is 1.45 bits per heavy atom. The van der Waals surface area contributed by atoms with Gasteiger partial charge in [-0.15, -0.1) is 0 Å². The average Bonchev–Trinajstić information content (AvgIpc) is 2.28. The van der Waals surface area contributed by atoms with Gasteiger partial charge in [0.25, 0.3) is 0 Å². The highest BCUT2D eigenvalue weighted by Gasteiger charge is 2.08. The van der Waals surface area contributed by atoms with E-state index in [9.17, 15) is 0 Å². The van der Waals surface area contributed by atoms with Gasteiger partial charge >= 0.3 is 0 Å². The van der Waals surface area contributed by atoms with Crippen LogP contribution in [0.5, 0.6) is 0 Å². The highest BCUT2D eigenvalue weighted by Crippen LogP contribution is 2.13. The second kappa shape index (κ2) is 3.34. The van der Waals surface area contributed by atoms with Gasteiger partial charge in [0.15, 0.2) is 4.73 Å². The van der Waals surface area contributed by atoms with Crippen molar-refractivity contribution in [1.29, 1.82) is 0 Å². The summed E-state index contributed by atoms with van der Waals surface area (Å²) in [5.74, 6) is 0. The Morgan fingerprint density at radius 2 is 2.09 bits per heavy atom. The molecule has 0 saturated carbocycles. The minimum Gasteiger partial charge on any atom is -0.325 e. The Hall–Kier alpha value is -0.390. The van der Waals surface area contributed by atoms with Crippen molar-refractivity contribution in [2.75, 3.05) is 0 Å². The first-order chi connectivity index (χ1) is 5.20. The van der Waals surface area contributed by atoms with Gasteiger partial charge in [-0.05, 0) is 15.9 Å². The molecule has 1 aromatic heterocycles. The zero-order chi connectivity index (χ0) is 8.43. The lowest BCUT2D eigenvalue weighted by Gasteiger charge is -1.99. The first-order valence-corrected chi connectivity index (χ1v) is 4.10. The highest BCUT2D eigenvalue weighted by atomic mass is 79.9. The van der Waals surface area contributed by atoms with Crippen LogP contribution in [0, 0.1) is 0 Å². The Balaban J connectivity index is 3.15. The van der Waals surface area contributed by atoms with Crippen molar-refractivity contribution in [3.63, 3.8) is 0 Å². The molecule has 0 aliphatic rings. The van der Waals surface area contributed by atoms with Gasteiger partial charge in [-0.3, -0.25) is 0 Å². The summed E-state index contributed by atoms with van der Waals surface area (Å²) in [6, 6.07) is 0. The normalized spacial score (nSPS) is 10.5. The summed E-state index contributed by atoms with van der Waals surface area (Å²) in [6.07, 6.45) is 0. The molecule has 0 aromatic carbocycles. The first kappa shape index (κ1) is 8.70. The molecule has 1 heterocycles. The molecular weight excluding hydrogens is 208 g/mol. The molecular formula is C6H11BrN4. The van der Waals surface area contributed by atoms with Crippen LogP contribution in [0.15, 0.2) is 4.73 Å². The Kier molecular flexibility index (Phi) is 2.64. The van der Waals surface area contributed by atoms with Crippen LogP contribution in [0.4, 0.5) is 0 Å². The molecule has 0 amide bonds. The van der Waals surface area contributed by atoms with Crippen LogP contribution in [0.2, 0.25) is 0 Å². The van der Waals surface area contributed by atoms with Crippen LogP contribution in [-0.4, -0.2) is 9.55 Å². The van der Waals surface area contributed by atoms with Gasteiger partial charge in [0.1, 0.15) is 0 Å². The zero-order valence-electron chi connectivity index (χ0n) is 6.34. The number of hydrogen-bond acceptors (Lipinski definition) is 3. The van der Waals surface area contributed by atoms with E-state index in [1.54, 1.807) is 0 Å². The molecule has 0 aliphatic carbocycles. The number of hydrogen-bond donors (Lipinski definition) is 2. The molecule has 0 spiro atoms. The predicted molar refractivity (Wildman–Crippen MR) is 46.7 cm³/mol. The van der Waals surface area contributed by atoms with Crippen LogP contribution in [0.25, 0.3) is 0 Å². The third kappa shape index (κ3) is 1.45. The fourth-order valence-corrected chi connectivity index (χ4v) is 1.40. The maximum atomic E-state index is 5.50. The summed E-state index contributed by atoms with van der Waals surface area (Å²) in [6.45, 7) is 0.910. The van der Waals surface area contributed by atoms with Crippen molar-refractivity contribution in [3.8, 4) is 0 Å². The average molecular weight is 219 g/mol. The Labute approximate surface area is 73.7 Å². The number of aromatic nitrogens is 2. The fourth-order valence-electron chi connectivity index (χ4n) is 0.974. The van der Waals surface area contributed by atoms with Gasteiger partial charge in [-0.25, -0.2) is 4.98 Å². The van der Waals surface area contributed by atoms with E-state index in [1.807, 2.05) is 11.6 Å². The molecule has 0 unspecified atom stereocenters. The molecule has 11 heavy (non-hydrogen) atoms. The minimum absolute atomic E-state index is 0.436. The molecule has 0 aliphatic heterocycles. The van der Waals surface area contributed by atoms with E-state index in [4.69, 9.17) is 11.5 Å². The monoisotopic (exact) mass is 218 g/mol. The van der Waals surface area contributed by atoms with Crippen molar-refractivity contribution >= 4 is 15.9 Å². The third-order valence-corrected chi connectivity index (χ3v) is 2.34. The molecule has 5 heteroatoms. The van der Waals surface area contributed by atoms with Gasteiger partial charge in [0.05, 0.1) is 11.4 Å². The van der Waals surface area contributed by atoms with Crippen LogP contribution in [0.3, 0.4) is 0 Å². The lowest BCUT2D eigenvalue weighted by atomic mass is 10.3. The van der Waals surface area contributed by atoms with E-state index in [2.05, 4.69) is 20.9 Å². The summed E-state index contributed by atoms with van der Waals surface area (Å²) in [5.41, 5.74) is 12.8. The zero-order valence-corrected chi connectivity index (χ0v) is 7.93. The maximum Gasteiger partial charge on any atom is 0.177 e. The van der Waals surface area contributed by atoms with Crippen LogP contribution < -0.4 is 11.5 Å². The van der Waals surface area contributed by atoms with Crippen molar-refractivity contribution in [3.05, 3.63) is 16.1 Å². The van der Waals surface area contributed by atoms with Crippen molar-refractivity contribution in [1.82, 2.24) is 9.55 Å². The van der Waals surface area contributed by atoms with E-state index in [0.29, 0.717) is 13.1 Å². The molecule has 0 atom stereocenters. The molecule has 62 valence electrons. The van der Waals surface area contributed by atoms with Crippen molar-refractivity contribution in [2.45, 2.75) is 13.1 Å². The molecule has 1 aromatic rings. The van der Waals surface area contributed by atoms with Gasteiger partial charge < -0.3 is 16.0 Å². The molecule has 0 fully saturated rings. The molecule has 0 bridgehead atoms. The summed E-state index contributed by atoms with van der Waals surface area (Å²) in [4.78, 5) is 4.17. The topological polar surface area (TPSA) is 69.9 Å². The van der Waals surface area contributed by atoms with E-state index in [0.717, 1.165) is 16.1 Å². The molecule has 0 radical (unpaired) electrons. The Bertz CT molecular complexity index is 255. The highest BCUT2D eigenvalue weighted by molar-refractivity contribution is 9.10. The van der Waals surface area contributed by atoms with Crippen LogP contribution >= 0.6 is 15.9 Å². The number of nitrogens with zero attached hydrogens (tertiary/aromatic N) is 2. The quantitative estimate of drug-likeness (QED) is 0.741. The fraction of sp³-hybridized carbons (Fsp3) is 0.500. The second-order valence-corrected chi connectivity index (χ2v) is 2.95. The molecule has 4 N–H and O–H groups in total. The summed E-state index contributed by atoms with van der Waals surface area (Å²) < 4.78 is 2.67. The molecule has 1 rings (SSSR count). The lowest BCUT2D eigenvalue weighted by Crippen LogP contribution is -2.08. The second-order valence-electron chi connectivity index (χ2n) is 2.24. The summed E-state index contributed by atoms with van der Waals surface area (Å²) >= 11 is 3.29. The largest absolute Gasteiger partial charge is 0.325 e. The van der Waals surface area contributed by atoms with Gasteiger partial charge in [0, 0.05) is 20.1 Å². The lowest BCUT2D eigenvalue weighted by molar-refractivity contribution is 0.792. The van der Waals surface area contributed by atoms with Crippen molar-refractivity contribution < 1.29 is 0 Å². The van der Waals surface area contributed by atoms with Gasteiger partial charge in [-0.2, -0.15) is 0 Å². The predicted octanol–water partition coefficient (Wildman–Crippen LogP) is 0.100. The number of rotatable bonds is 2. The summed E-state index contributed by atoms with van der Waals surface area (Å²) in [7, 11) is 1.90. The molecule has 4 nitrogen and oxygen atoms in total.